The van der Waals surface area contributed by atoms with Crippen LogP contribution in [0.15, 0.2) is 22.7 Å². The van der Waals surface area contributed by atoms with Gasteiger partial charge in [-0.3, -0.25) is 4.79 Å². The molecule has 0 saturated heterocycles. The van der Waals surface area contributed by atoms with Crippen LogP contribution in [0.3, 0.4) is 0 Å². The summed E-state index contributed by atoms with van der Waals surface area (Å²) in [5, 5.41) is 2.91. The summed E-state index contributed by atoms with van der Waals surface area (Å²) in [6.45, 7) is 5.96. The number of benzene rings is 1. The largest absolute Gasteiger partial charge is 0.325 e. The van der Waals surface area contributed by atoms with E-state index in [0.29, 0.717) is 0 Å². The second-order valence-corrected chi connectivity index (χ2v) is 5.42. The number of carbonyl (C=O) groups is 1. The minimum absolute atomic E-state index is 0.00154. The normalized spacial score (nSPS) is 10.6. The molecule has 1 aromatic rings. The predicted molar refractivity (Wildman–Crippen MR) is 76.2 cm³/mol. The van der Waals surface area contributed by atoms with E-state index in [1.54, 1.807) is 0 Å². The average Bonchev–Trinajstić information content (AvgIpc) is 2.29. The van der Waals surface area contributed by atoms with E-state index in [-0.39, 0.29) is 11.8 Å². The summed E-state index contributed by atoms with van der Waals surface area (Å²) in [6.07, 6.45) is 3.49. The van der Waals surface area contributed by atoms with E-state index in [1.165, 1.54) is 18.4 Å². The van der Waals surface area contributed by atoms with E-state index < -0.39 is 0 Å². The molecule has 0 saturated carbocycles. The van der Waals surface area contributed by atoms with Crippen LogP contribution >= 0.6 is 15.9 Å². The highest BCUT2D eigenvalue weighted by Gasteiger charge is 2.09. The molecule has 2 nitrogen and oxygen atoms in total. The first-order valence-corrected chi connectivity index (χ1v) is 6.93. The number of amides is 1. The van der Waals surface area contributed by atoms with E-state index in [2.05, 4.69) is 40.3 Å². The molecule has 0 aliphatic heterocycles. The van der Waals surface area contributed by atoms with Gasteiger partial charge in [0.25, 0.3) is 0 Å². The Morgan fingerprint density at radius 2 is 2.12 bits per heavy atom. The first kappa shape index (κ1) is 14.2. The number of aryl methyl sites for hydroxylation is 1. The first-order valence-electron chi connectivity index (χ1n) is 6.14. The summed E-state index contributed by atoms with van der Waals surface area (Å²) < 4.78 is 0.958. The SMILES string of the molecule is CCCCc1ccc(NC(=O)C(C)C)c(Br)c1. The van der Waals surface area contributed by atoms with Gasteiger partial charge in [-0.25, -0.2) is 0 Å². The minimum Gasteiger partial charge on any atom is -0.325 e. The fraction of sp³-hybridized carbons (Fsp3) is 0.500. The van der Waals surface area contributed by atoms with Gasteiger partial charge in [-0.1, -0.05) is 33.3 Å². The third-order valence-corrected chi connectivity index (χ3v) is 3.29. The van der Waals surface area contributed by atoms with Crippen LogP contribution in [0.1, 0.15) is 39.2 Å². The number of hydrogen-bond acceptors (Lipinski definition) is 1. The Bertz CT molecular complexity index is 388. The molecular weight excluding hydrogens is 278 g/mol. The van der Waals surface area contributed by atoms with Gasteiger partial charge in [-0.15, -0.1) is 0 Å². The summed E-state index contributed by atoms with van der Waals surface area (Å²) in [4.78, 5) is 11.6. The fourth-order valence-electron chi connectivity index (χ4n) is 1.47. The monoisotopic (exact) mass is 297 g/mol. The lowest BCUT2D eigenvalue weighted by molar-refractivity contribution is -0.118. The van der Waals surface area contributed by atoms with Gasteiger partial charge in [-0.2, -0.15) is 0 Å². The number of halogens is 1. The quantitative estimate of drug-likeness (QED) is 0.858. The molecule has 0 heterocycles. The van der Waals surface area contributed by atoms with E-state index in [4.69, 9.17) is 0 Å². The van der Waals surface area contributed by atoms with Crippen molar-refractivity contribution in [3.63, 3.8) is 0 Å². The number of unbranched alkanes of at least 4 members (excludes halogenated alkanes) is 1. The smallest absolute Gasteiger partial charge is 0.226 e. The molecule has 0 bridgehead atoms. The van der Waals surface area contributed by atoms with Gasteiger partial charge in [0.15, 0.2) is 0 Å². The molecule has 17 heavy (non-hydrogen) atoms. The van der Waals surface area contributed by atoms with Gasteiger partial charge in [0.1, 0.15) is 0 Å². The number of hydrogen-bond donors (Lipinski definition) is 1. The summed E-state index contributed by atoms with van der Waals surface area (Å²) in [6, 6.07) is 6.14. The Balaban J connectivity index is 2.72. The number of anilines is 1. The minimum atomic E-state index is 0.00154. The van der Waals surface area contributed by atoms with Gasteiger partial charge in [0, 0.05) is 10.4 Å². The van der Waals surface area contributed by atoms with Crippen LogP contribution in [0.2, 0.25) is 0 Å². The molecule has 0 radical (unpaired) electrons. The molecule has 94 valence electrons. The average molecular weight is 298 g/mol. The summed E-state index contributed by atoms with van der Waals surface area (Å²) in [5.74, 6) is 0.0497. The van der Waals surface area contributed by atoms with E-state index >= 15 is 0 Å². The topological polar surface area (TPSA) is 29.1 Å². The van der Waals surface area contributed by atoms with Crippen LogP contribution in [-0.2, 0) is 11.2 Å². The second kappa shape index (κ2) is 6.80. The molecule has 1 rings (SSSR count). The van der Waals surface area contributed by atoms with Gasteiger partial charge < -0.3 is 5.32 Å². The maximum Gasteiger partial charge on any atom is 0.226 e. The molecule has 0 aliphatic rings. The molecular formula is C14H20BrNO. The molecule has 1 N–H and O–H groups in total. The first-order chi connectivity index (χ1) is 8.04. The summed E-state index contributed by atoms with van der Waals surface area (Å²) in [7, 11) is 0. The van der Waals surface area contributed by atoms with E-state index in [0.717, 1.165) is 16.6 Å². The zero-order chi connectivity index (χ0) is 12.8. The van der Waals surface area contributed by atoms with Crippen LogP contribution in [0.25, 0.3) is 0 Å². The molecule has 0 fully saturated rings. The van der Waals surface area contributed by atoms with Crippen LogP contribution in [0, 0.1) is 5.92 Å². The van der Waals surface area contributed by atoms with Crippen molar-refractivity contribution in [2.45, 2.75) is 40.0 Å². The Morgan fingerprint density at radius 3 is 2.65 bits per heavy atom. The van der Waals surface area contributed by atoms with Crippen LogP contribution < -0.4 is 5.32 Å². The van der Waals surface area contributed by atoms with Crippen molar-refractivity contribution in [3.05, 3.63) is 28.2 Å². The maximum atomic E-state index is 11.6. The van der Waals surface area contributed by atoms with Gasteiger partial charge in [0.05, 0.1) is 5.69 Å². The highest BCUT2D eigenvalue weighted by Crippen LogP contribution is 2.24. The molecule has 0 aliphatic carbocycles. The van der Waals surface area contributed by atoms with Crippen molar-refractivity contribution >= 4 is 27.5 Å². The van der Waals surface area contributed by atoms with Crippen molar-refractivity contribution < 1.29 is 4.79 Å². The third-order valence-electron chi connectivity index (χ3n) is 2.63. The number of rotatable bonds is 5. The number of carbonyl (C=O) groups excluding carboxylic acids is 1. The highest BCUT2D eigenvalue weighted by molar-refractivity contribution is 9.10. The van der Waals surface area contributed by atoms with Crippen molar-refractivity contribution in [2.75, 3.05) is 5.32 Å². The summed E-state index contributed by atoms with van der Waals surface area (Å²) in [5.41, 5.74) is 2.16. The van der Waals surface area contributed by atoms with Crippen molar-refractivity contribution in [2.24, 2.45) is 5.92 Å². The Hall–Kier alpha value is -0.830. The lowest BCUT2D eigenvalue weighted by atomic mass is 10.1. The second-order valence-electron chi connectivity index (χ2n) is 4.56. The van der Waals surface area contributed by atoms with Gasteiger partial charge in [-0.05, 0) is 46.5 Å². The summed E-state index contributed by atoms with van der Waals surface area (Å²) >= 11 is 3.50. The molecule has 0 atom stereocenters. The van der Waals surface area contributed by atoms with Gasteiger partial charge >= 0.3 is 0 Å². The lowest BCUT2D eigenvalue weighted by Gasteiger charge is -2.10. The van der Waals surface area contributed by atoms with Crippen molar-refractivity contribution in [1.29, 1.82) is 0 Å². The Kier molecular flexibility index (Phi) is 5.69. The van der Waals surface area contributed by atoms with Crippen molar-refractivity contribution in [1.82, 2.24) is 0 Å². The van der Waals surface area contributed by atoms with Crippen LogP contribution in [0.5, 0.6) is 0 Å². The fourth-order valence-corrected chi connectivity index (χ4v) is 2.00. The Labute approximate surface area is 112 Å². The third kappa shape index (κ3) is 4.50. The van der Waals surface area contributed by atoms with Crippen LogP contribution in [0.4, 0.5) is 5.69 Å². The van der Waals surface area contributed by atoms with E-state index in [9.17, 15) is 4.79 Å². The maximum absolute atomic E-state index is 11.6. The molecule has 0 unspecified atom stereocenters. The molecule has 0 aromatic heterocycles. The van der Waals surface area contributed by atoms with E-state index in [1.807, 2.05) is 19.9 Å². The van der Waals surface area contributed by atoms with Gasteiger partial charge in [0.2, 0.25) is 5.91 Å². The zero-order valence-electron chi connectivity index (χ0n) is 10.7. The molecule has 1 aromatic carbocycles. The molecule has 3 heteroatoms. The highest BCUT2D eigenvalue weighted by atomic mass is 79.9. The molecule has 1 amide bonds. The number of nitrogens with one attached hydrogen (secondary N) is 1. The standard InChI is InChI=1S/C14H20BrNO/c1-4-5-6-11-7-8-13(12(15)9-11)16-14(17)10(2)3/h7-10H,4-6H2,1-3H3,(H,16,17). The van der Waals surface area contributed by atoms with Crippen LogP contribution in [-0.4, -0.2) is 5.91 Å². The Morgan fingerprint density at radius 1 is 1.41 bits per heavy atom. The predicted octanol–water partition coefficient (Wildman–Crippen LogP) is 4.39. The molecule has 0 spiro atoms. The lowest BCUT2D eigenvalue weighted by Crippen LogP contribution is -2.18. The zero-order valence-corrected chi connectivity index (χ0v) is 12.3. The van der Waals surface area contributed by atoms with Crippen molar-refractivity contribution in [3.8, 4) is 0 Å².